The maximum Gasteiger partial charge on any atom is 0.241 e. The molecule has 0 spiro atoms. The topological polar surface area (TPSA) is 82.2 Å². The molecule has 7 heteroatoms. The summed E-state index contributed by atoms with van der Waals surface area (Å²) >= 11 is 12.1. The number of anilines is 2. The second-order valence-corrected chi connectivity index (χ2v) is 5.72. The van der Waals surface area contributed by atoms with Crippen molar-refractivity contribution in [1.29, 1.82) is 5.26 Å². The molecular formula is C14H18Cl2N4O. The highest BCUT2D eigenvalue weighted by molar-refractivity contribution is 6.40. The Balaban J connectivity index is 2.84. The summed E-state index contributed by atoms with van der Waals surface area (Å²) in [6, 6.07) is 4.67. The number of rotatable bonds is 5. The van der Waals surface area contributed by atoms with Gasteiger partial charge in [0.15, 0.2) is 0 Å². The normalized spacial score (nSPS) is 13.6. The molecule has 0 fully saturated rings. The standard InChI is InChI=1S/C14H18Cl2N4O/c1-8(4-5-17)20(3)9(2)14(21)19-13-11(15)6-10(18)7-12(13)16/h6-9H,4,18H2,1-3H3,(H,19,21). The Morgan fingerprint density at radius 2 is 1.95 bits per heavy atom. The van der Waals surface area contributed by atoms with Gasteiger partial charge >= 0.3 is 0 Å². The Morgan fingerprint density at radius 1 is 1.43 bits per heavy atom. The van der Waals surface area contributed by atoms with E-state index in [1.54, 1.807) is 14.0 Å². The summed E-state index contributed by atoms with van der Waals surface area (Å²) in [5.74, 6) is -0.254. The molecule has 1 aromatic carbocycles. The van der Waals surface area contributed by atoms with Crippen molar-refractivity contribution in [2.45, 2.75) is 32.4 Å². The van der Waals surface area contributed by atoms with E-state index in [0.717, 1.165) is 0 Å². The van der Waals surface area contributed by atoms with Crippen molar-refractivity contribution in [2.75, 3.05) is 18.1 Å². The number of hydrogen-bond acceptors (Lipinski definition) is 4. The quantitative estimate of drug-likeness (QED) is 0.813. The Hall–Kier alpha value is -1.48. The molecule has 3 N–H and O–H groups in total. The van der Waals surface area contributed by atoms with E-state index in [9.17, 15) is 4.79 Å². The van der Waals surface area contributed by atoms with Gasteiger partial charge in [0.25, 0.3) is 0 Å². The third kappa shape index (κ3) is 4.50. The summed E-state index contributed by atoms with van der Waals surface area (Å²) < 4.78 is 0. The molecule has 0 heterocycles. The first-order valence-corrected chi connectivity index (χ1v) is 7.17. The van der Waals surface area contributed by atoms with Gasteiger partial charge in [0.1, 0.15) is 0 Å². The third-order valence-corrected chi connectivity index (χ3v) is 3.98. The van der Waals surface area contributed by atoms with E-state index in [0.29, 0.717) is 17.8 Å². The fourth-order valence-electron chi connectivity index (χ4n) is 1.78. The van der Waals surface area contributed by atoms with Crippen LogP contribution in [0, 0.1) is 11.3 Å². The lowest BCUT2D eigenvalue weighted by Crippen LogP contribution is -2.44. The van der Waals surface area contributed by atoms with Crippen molar-refractivity contribution in [2.24, 2.45) is 0 Å². The molecular weight excluding hydrogens is 311 g/mol. The Bertz CT molecular complexity index is 548. The van der Waals surface area contributed by atoms with Gasteiger partial charge < -0.3 is 11.1 Å². The predicted molar refractivity (Wildman–Crippen MR) is 86.4 cm³/mol. The first-order chi connectivity index (χ1) is 9.77. The number of halogens is 2. The third-order valence-electron chi connectivity index (χ3n) is 3.38. The second-order valence-electron chi connectivity index (χ2n) is 4.90. The van der Waals surface area contributed by atoms with Gasteiger partial charge in [0.2, 0.25) is 5.91 Å². The van der Waals surface area contributed by atoms with Crippen LogP contribution in [0.1, 0.15) is 20.3 Å². The number of nitrogens with zero attached hydrogens (tertiary/aromatic N) is 2. The summed E-state index contributed by atoms with van der Waals surface area (Å²) in [6.07, 6.45) is 0.345. The lowest BCUT2D eigenvalue weighted by Gasteiger charge is -2.28. The molecule has 0 aliphatic heterocycles. The number of hydrogen-bond donors (Lipinski definition) is 2. The number of nitrogens with two attached hydrogens (primary N) is 1. The minimum atomic E-state index is -0.432. The lowest BCUT2D eigenvalue weighted by atomic mass is 10.1. The van der Waals surface area contributed by atoms with Crippen LogP contribution in [0.15, 0.2) is 12.1 Å². The van der Waals surface area contributed by atoms with Crippen LogP contribution in [0.2, 0.25) is 10.0 Å². The van der Waals surface area contributed by atoms with Crippen molar-refractivity contribution in [3.63, 3.8) is 0 Å². The molecule has 114 valence electrons. The van der Waals surface area contributed by atoms with Gasteiger partial charge in [-0.3, -0.25) is 9.69 Å². The van der Waals surface area contributed by atoms with Crippen LogP contribution in [0.5, 0.6) is 0 Å². The summed E-state index contributed by atoms with van der Waals surface area (Å²) in [5, 5.41) is 12.0. The van der Waals surface area contributed by atoms with E-state index >= 15 is 0 Å². The maximum atomic E-state index is 12.3. The highest BCUT2D eigenvalue weighted by atomic mass is 35.5. The summed E-state index contributed by atoms with van der Waals surface area (Å²) in [4.78, 5) is 14.1. The lowest BCUT2D eigenvalue weighted by molar-refractivity contribution is -0.120. The number of nitriles is 1. The Kier molecular flexibility index (Phi) is 6.28. The number of nitrogen functional groups attached to an aromatic ring is 1. The predicted octanol–water partition coefficient (Wildman–Crippen LogP) is 3.14. The number of nitrogens with one attached hydrogen (secondary N) is 1. The zero-order valence-corrected chi connectivity index (χ0v) is 13.7. The molecule has 0 aliphatic rings. The van der Waals surface area contributed by atoms with Gasteiger partial charge in [0, 0.05) is 11.7 Å². The number of amides is 1. The first-order valence-electron chi connectivity index (χ1n) is 6.42. The molecule has 0 saturated carbocycles. The fourth-order valence-corrected chi connectivity index (χ4v) is 2.38. The second kappa shape index (κ2) is 7.51. The van der Waals surface area contributed by atoms with Crippen LogP contribution in [0.3, 0.4) is 0 Å². The molecule has 2 atom stereocenters. The van der Waals surface area contributed by atoms with Crippen molar-refractivity contribution >= 4 is 40.5 Å². The monoisotopic (exact) mass is 328 g/mol. The molecule has 0 saturated heterocycles. The van der Waals surface area contributed by atoms with Crippen LogP contribution < -0.4 is 11.1 Å². The molecule has 0 bridgehead atoms. The van der Waals surface area contributed by atoms with Crippen LogP contribution in [-0.4, -0.2) is 29.9 Å². The maximum absolute atomic E-state index is 12.3. The zero-order valence-electron chi connectivity index (χ0n) is 12.2. The van der Waals surface area contributed by atoms with E-state index in [4.69, 9.17) is 34.2 Å². The number of benzene rings is 1. The Labute approximate surface area is 134 Å². The first kappa shape index (κ1) is 17.6. The van der Waals surface area contributed by atoms with E-state index < -0.39 is 6.04 Å². The minimum absolute atomic E-state index is 0.0342. The van der Waals surface area contributed by atoms with Crippen LogP contribution >= 0.6 is 23.2 Å². The van der Waals surface area contributed by atoms with Gasteiger partial charge in [-0.05, 0) is 33.0 Å². The van der Waals surface area contributed by atoms with Crippen LogP contribution in [0.4, 0.5) is 11.4 Å². The molecule has 2 unspecified atom stereocenters. The van der Waals surface area contributed by atoms with Crippen molar-refractivity contribution in [1.82, 2.24) is 4.90 Å². The van der Waals surface area contributed by atoms with E-state index in [2.05, 4.69) is 11.4 Å². The van der Waals surface area contributed by atoms with Gasteiger partial charge in [-0.2, -0.15) is 5.26 Å². The fraction of sp³-hybridized carbons (Fsp3) is 0.429. The van der Waals surface area contributed by atoms with E-state index in [1.165, 1.54) is 12.1 Å². The molecule has 21 heavy (non-hydrogen) atoms. The Morgan fingerprint density at radius 3 is 2.43 bits per heavy atom. The van der Waals surface area contributed by atoms with Gasteiger partial charge in [-0.25, -0.2) is 0 Å². The molecule has 1 rings (SSSR count). The summed E-state index contributed by atoms with van der Waals surface area (Å²) in [7, 11) is 1.79. The smallest absolute Gasteiger partial charge is 0.241 e. The number of carbonyl (C=O) groups excluding carboxylic acids is 1. The van der Waals surface area contributed by atoms with Crippen molar-refractivity contribution < 1.29 is 4.79 Å². The molecule has 1 aromatic rings. The molecule has 5 nitrogen and oxygen atoms in total. The largest absolute Gasteiger partial charge is 0.399 e. The molecule has 0 aromatic heterocycles. The summed E-state index contributed by atoms with van der Waals surface area (Å²) in [5.41, 5.74) is 6.39. The van der Waals surface area contributed by atoms with Gasteiger partial charge in [-0.15, -0.1) is 0 Å². The average Bonchev–Trinajstić information content (AvgIpc) is 2.41. The highest BCUT2D eigenvalue weighted by Gasteiger charge is 2.23. The van der Waals surface area contributed by atoms with Gasteiger partial charge in [-0.1, -0.05) is 23.2 Å². The highest BCUT2D eigenvalue weighted by Crippen LogP contribution is 2.33. The van der Waals surface area contributed by atoms with E-state index in [1.807, 2.05) is 11.8 Å². The number of likely N-dealkylation sites (N-methyl/N-ethyl adjacent to an activating group) is 1. The van der Waals surface area contributed by atoms with Crippen molar-refractivity contribution in [3.8, 4) is 6.07 Å². The minimum Gasteiger partial charge on any atom is -0.399 e. The molecule has 0 radical (unpaired) electrons. The van der Waals surface area contributed by atoms with Gasteiger partial charge in [0.05, 0.1) is 34.3 Å². The molecule has 0 aliphatic carbocycles. The van der Waals surface area contributed by atoms with Crippen LogP contribution in [-0.2, 0) is 4.79 Å². The zero-order chi connectivity index (χ0) is 16.2. The summed E-state index contributed by atoms with van der Waals surface area (Å²) in [6.45, 7) is 3.64. The van der Waals surface area contributed by atoms with E-state index in [-0.39, 0.29) is 22.0 Å². The average molecular weight is 329 g/mol. The van der Waals surface area contributed by atoms with Crippen molar-refractivity contribution in [3.05, 3.63) is 22.2 Å². The number of carbonyl (C=O) groups is 1. The molecule has 1 amide bonds. The van der Waals surface area contributed by atoms with Crippen LogP contribution in [0.25, 0.3) is 0 Å². The SMILES string of the molecule is CC(CC#N)N(C)C(C)C(=O)Nc1c(Cl)cc(N)cc1Cl.